The van der Waals surface area contributed by atoms with Crippen molar-refractivity contribution in [3.63, 3.8) is 0 Å². The van der Waals surface area contributed by atoms with Crippen molar-refractivity contribution in [2.75, 3.05) is 0 Å². The third kappa shape index (κ3) is 1.45. The quantitative estimate of drug-likeness (QED) is 0.705. The van der Waals surface area contributed by atoms with Crippen LogP contribution in [0.2, 0.25) is 0 Å². The number of nitrogens with one attached hydrogen (secondary N) is 1. The minimum atomic E-state index is 0.0590. The van der Waals surface area contributed by atoms with Crippen LogP contribution in [-0.2, 0) is 0 Å². The standard InChI is InChI=1S/C14H15NO/c16-14-12-9-5-4-8-11(12)13(15-14)10-6-2-1-3-7-10/h4-5,8-9H,1-3,6-7H2,(H,15,16). The maximum atomic E-state index is 11.8. The van der Waals surface area contributed by atoms with Gasteiger partial charge in [-0.05, 0) is 37.3 Å². The zero-order valence-corrected chi connectivity index (χ0v) is 9.25. The molecule has 1 aliphatic carbocycles. The van der Waals surface area contributed by atoms with Crippen LogP contribution >= 0.6 is 0 Å². The Kier molecular flexibility index (Phi) is 2.28. The van der Waals surface area contributed by atoms with E-state index in [0.29, 0.717) is 0 Å². The normalized spacial score (nSPS) is 19.6. The Morgan fingerprint density at radius 1 is 0.938 bits per heavy atom. The molecule has 3 rings (SSSR count). The van der Waals surface area contributed by atoms with Gasteiger partial charge in [-0.1, -0.05) is 24.6 Å². The summed E-state index contributed by atoms with van der Waals surface area (Å²) in [5.41, 5.74) is 4.46. The van der Waals surface area contributed by atoms with E-state index >= 15 is 0 Å². The number of amides is 1. The van der Waals surface area contributed by atoms with Crippen molar-refractivity contribution >= 4 is 11.6 Å². The van der Waals surface area contributed by atoms with Gasteiger partial charge in [0.15, 0.2) is 0 Å². The van der Waals surface area contributed by atoms with Crippen LogP contribution in [0.5, 0.6) is 0 Å². The Hall–Kier alpha value is -1.57. The van der Waals surface area contributed by atoms with Gasteiger partial charge in [-0.15, -0.1) is 0 Å². The number of allylic oxidation sites excluding steroid dienone is 1. The van der Waals surface area contributed by atoms with Crippen LogP contribution in [0.3, 0.4) is 0 Å². The molecule has 1 aromatic carbocycles. The first kappa shape index (κ1) is 9.64. The molecule has 1 N–H and O–H groups in total. The van der Waals surface area contributed by atoms with E-state index in [1.54, 1.807) is 0 Å². The monoisotopic (exact) mass is 213 g/mol. The molecule has 2 heteroatoms. The molecular formula is C14H15NO. The number of fused-ring (bicyclic) bond motifs is 1. The molecule has 2 aliphatic rings. The van der Waals surface area contributed by atoms with Gasteiger partial charge in [0.2, 0.25) is 0 Å². The summed E-state index contributed by atoms with van der Waals surface area (Å²) in [7, 11) is 0. The Morgan fingerprint density at radius 2 is 1.62 bits per heavy atom. The van der Waals surface area contributed by atoms with E-state index in [9.17, 15) is 4.79 Å². The fraction of sp³-hybridized carbons (Fsp3) is 0.357. The van der Waals surface area contributed by atoms with Crippen molar-refractivity contribution in [1.29, 1.82) is 0 Å². The minimum Gasteiger partial charge on any atom is -0.321 e. The first-order valence-corrected chi connectivity index (χ1v) is 5.99. The van der Waals surface area contributed by atoms with Gasteiger partial charge >= 0.3 is 0 Å². The summed E-state index contributed by atoms with van der Waals surface area (Å²) in [6, 6.07) is 7.88. The van der Waals surface area contributed by atoms with Crippen molar-refractivity contribution in [3.05, 3.63) is 41.0 Å². The van der Waals surface area contributed by atoms with E-state index in [1.807, 2.05) is 24.3 Å². The summed E-state index contributed by atoms with van der Waals surface area (Å²) in [6.45, 7) is 0. The number of carbonyl (C=O) groups is 1. The van der Waals surface area contributed by atoms with Gasteiger partial charge in [0.05, 0.1) is 0 Å². The van der Waals surface area contributed by atoms with E-state index in [1.165, 1.54) is 24.8 Å². The molecule has 0 aromatic heterocycles. The van der Waals surface area contributed by atoms with Crippen LogP contribution < -0.4 is 5.32 Å². The molecule has 0 spiro atoms. The Bertz CT molecular complexity index is 465. The van der Waals surface area contributed by atoms with Gasteiger partial charge < -0.3 is 5.32 Å². The molecule has 1 heterocycles. The maximum absolute atomic E-state index is 11.8. The van der Waals surface area contributed by atoms with Crippen LogP contribution in [0.15, 0.2) is 29.8 Å². The molecule has 1 fully saturated rings. The number of hydrogen-bond donors (Lipinski definition) is 1. The molecule has 0 radical (unpaired) electrons. The third-order valence-electron chi connectivity index (χ3n) is 3.49. The summed E-state index contributed by atoms with van der Waals surface area (Å²) < 4.78 is 0. The highest BCUT2D eigenvalue weighted by Gasteiger charge is 2.25. The molecule has 1 saturated carbocycles. The fourth-order valence-corrected chi connectivity index (χ4v) is 2.65. The molecule has 1 amide bonds. The average molecular weight is 213 g/mol. The molecule has 0 unspecified atom stereocenters. The van der Waals surface area contributed by atoms with E-state index in [2.05, 4.69) is 5.32 Å². The smallest absolute Gasteiger partial charge is 0.256 e. The Morgan fingerprint density at radius 3 is 2.38 bits per heavy atom. The molecule has 16 heavy (non-hydrogen) atoms. The summed E-state index contributed by atoms with van der Waals surface area (Å²) in [5.74, 6) is 0.0590. The lowest BCUT2D eigenvalue weighted by molar-refractivity contribution is 0.0980. The molecule has 2 nitrogen and oxygen atoms in total. The first-order valence-electron chi connectivity index (χ1n) is 5.99. The van der Waals surface area contributed by atoms with E-state index in [4.69, 9.17) is 0 Å². The van der Waals surface area contributed by atoms with Gasteiger partial charge in [-0.25, -0.2) is 0 Å². The van der Waals surface area contributed by atoms with Gasteiger partial charge in [0.1, 0.15) is 0 Å². The zero-order chi connectivity index (χ0) is 11.0. The molecule has 1 aromatic rings. The van der Waals surface area contributed by atoms with Crippen LogP contribution in [-0.4, -0.2) is 5.91 Å². The molecule has 1 aliphatic heterocycles. The van der Waals surface area contributed by atoms with Gasteiger partial charge in [-0.2, -0.15) is 0 Å². The van der Waals surface area contributed by atoms with Gasteiger partial charge in [0.25, 0.3) is 5.91 Å². The van der Waals surface area contributed by atoms with Crippen LogP contribution in [0, 0.1) is 0 Å². The molecule has 82 valence electrons. The van der Waals surface area contributed by atoms with Crippen molar-refractivity contribution < 1.29 is 4.79 Å². The summed E-state index contributed by atoms with van der Waals surface area (Å²) >= 11 is 0. The Labute approximate surface area is 95.4 Å². The number of benzene rings is 1. The van der Waals surface area contributed by atoms with E-state index < -0.39 is 0 Å². The lowest BCUT2D eigenvalue weighted by Gasteiger charge is -2.16. The van der Waals surface area contributed by atoms with Gasteiger partial charge in [0, 0.05) is 16.8 Å². The molecule has 0 bridgehead atoms. The predicted octanol–water partition coefficient (Wildman–Crippen LogP) is 3.11. The van der Waals surface area contributed by atoms with Crippen LogP contribution in [0.4, 0.5) is 0 Å². The average Bonchev–Trinajstić information content (AvgIpc) is 2.69. The van der Waals surface area contributed by atoms with Gasteiger partial charge in [-0.3, -0.25) is 4.79 Å². The SMILES string of the molecule is O=C1NC(=C2CCCCC2)c2ccccc21. The van der Waals surface area contributed by atoms with E-state index in [0.717, 1.165) is 29.7 Å². The largest absolute Gasteiger partial charge is 0.321 e. The minimum absolute atomic E-state index is 0.0590. The fourth-order valence-electron chi connectivity index (χ4n) is 2.65. The second-order valence-corrected chi connectivity index (χ2v) is 4.54. The summed E-state index contributed by atoms with van der Waals surface area (Å²) in [5, 5.41) is 3.03. The highest BCUT2D eigenvalue weighted by atomic mass is 16.1. The summed E-state index contributed by atoms with van der Waals surface area (Å²) in [6.07, 6.45) is 6.13. The second-order valence-electron chi connectivity index (χ2n) is 4.54. The number of hydrogen-bond acceptors (Lipinski definition) is 1. The lowest BCUT2D eigenvalue weighted by Crippen LogP contribution is -2.14. The highest BCUT2D eigenvalue weighted by Crippen LogP contribution is 2.33. The maximum Gasteiger partial charge on any atom is 0.256 e. The third-order valence-corrected chi connectivity index (χ3v) is 3.49. The Balaban J connectivity index is 2.08. The second kappa shape index (κ2) is 3.78. The van der Waals surface area contributed by atoms with Crippen molar-refractivity contribution in [2.24, 2.45) is 0 Å². The zero-order valence-electron chi connectivity index (χ0n) is 9.25. The molecular weight excluding hydrogens is 198 g/mol. The number of carbonyl (C=O) groups excluding carboxylic acids is 1. The van der Waals surface area contributed by atoms with Crippen molar-refractivity contribution in [1.82, 2.24) is 5.32 Å². The first-order chi connectivity index (χ1) is 7.86. The molecule has 0 atom stereocenters. The predicted molar refractivity (Wildman–Crippen MR) is 63.9 cm³/mol. The lowest BCUT2D eigenvalue weighted by atomic mass is 9.91. The highest BCUT2D eigenvalue weighted by molar-refractivity contribution is 6.09. The van der Waals surface area contributed by atoms with Crippen LogP contribution in [0.25, 0.3) is 5.70 Å². The topological polar surface area (TPSA) is 29.1 Å². The summed E-state index contributed by atoms with van der Waals surface area (Å²) in [4.78, 5) is 11.8. The molecule has 0 saturated heterocycles. The van der Waals surface area contributed by atoms with E-state index in [-0.39, 0.29) is 5.91 Å². The van der Waals surface area contributed by atoms with Crippen molar-refractivity contribution in [2.45, 2.75) is 32.1 Å². The number of rotatable bonds is 0. The van der Waals surface area contributed by atoms with Crippen molar-refractivity contribution in [3.8, 4) is 0 Å². The van der Waals surface area contributed by atoms with Crippen LogP contribution in [0.1, 0.15) is 48.0 Å².